The Kier molecular flexibility index (Phi) is 6.59. The third-order valence-corrected chi connectivity index (χ3v) is 7.46. The number of sulfonamides is 1. The second kappa shape index (κ2) is 9.44. The highest BCUT2D eigenvalue weighted by Crippen LogP contribution is 2.24. The summed E-state index contributed by atoms with van der Waals surface area (Å²) in [4.78, 5) is 27.1. The van der Waals surface area contributed by atoms with Crippen molar-refractivity contribution in [1.82, 2.24) is 13.9 Å². The number of hydrogen-bond acceptors (Lipinski definition) is 7. The predicted octanol–water partition coefficient (Wildman–Crippen LogP) is 2.21. The molecule has 11 nitrogen and oxygen atoms in total. The first kappa shape index (κ1) is 23.7. The summed E-state index contributed by atoms with van der Waals surface area (Å²) >= 11 is 0. The summed E-state index contributed by atoms with van der Waals surface area (Å²) in [5.41, 5.74) is 0.551. The summed E-state index contributed by atoms with van der Waals surface area (Å²) in [5, 5.41) is 13.2. The third-order valence-electron chi connectivity index (χ3n) is 5.56. The number of amides is 1. The van der Waals surface area contributed by atoms with Crippen LogP contribution in [-0.4, -0.2) is 59.4 Å². The van der Waals surface area contributed by atoms with Gasteiger partial charge >= 0.3 is 0 Å². The number of halogens is 1. The number of benzene rings is 2. The molecule has 13 heteroatoms. The molecular weight excluding hydrogens is 469 g/mol. The fourth-order valence-electron chi connectivity index (χ4n) is 3.71. The van der Waals surface area contributed by atoms with Crippen LogP contribution in [0.2, 0.25) is 0 Å². The van der Waals surface area contributed by atoms with Gasteiger partial charge in [-0.25, -0.2) is 17.8 Å². The Morgan fingerprint density at radius 3 is 2.68 bits per heavy atom. The number of carbonyl (C=O) groups is 1. The maximum Gasteiger partial charge on any atom is 0.271 e. The molecule has 1 N–H and O–H groups in total. The number of non-ortho nitro benzene ring substituents is 1. The molecule has 2 heterocycles. The van der Waals surface area contributed by atoms with Crippen LogP contribution >= 0.6 is 0 Å². The number of nitrogens with zero attached hydrogens (tertiary/aromatic N) is 4. The zero-order valence-electron chi connectivity index (χ0n) is 18.2. The van der Waals surface area contributed by atoms with E-state index in [1.807, 2.05) is 0 Å². The Hall–Kier alpha value is -3.42. The van der Waals surface area contributed by atoms with E-state index >= 15 is 0 Å². The number of hydrogen-bond donors (Lipinski definition) is 1. The van der Waals surface area contributed by atoms with E-state index in [2.05, 4.69) is 10.3 Å². The van der Waals surface area contributed by atoms with E-state index in [0.717, 1.165) is 18.2 Å². The van der Waals surface area contributed by atoms with Gasteiger partial charge in [-0.15, -0.1) is 0 Å². The van der Waals surface area contributed by atoms with Gasteiger partial charge in [0.2, 0.25) is 15.9 Å². The molecule has 0 bridgehead atoms. The van der Waals surface area contributed by atoms with Crippen LogP contribution in [0, 0.1) is 15.9 Å². The van der Waals surface area contributed by atoms with Crippen LogP contribution in [0.25, 0.3) is 11.0 Å². The molecule has 0 spiro atoms. The van der Waals surface area contributed by atoms with Gasteiger partial charge in [-0.05, 0) is 24.3 Å². The van der Waals surface area contributed by atoms with E-state index in [1.165, 1.54) is 16.4 Å². The van der Waals surface area contributed by atoms with Gasteiger partial charge in [0.15, 0.2) is 0 Å². The quantitative estimate of drug-likeness (QED) is 0.395. The lowest BCUT2D eigenvalue weighted by molar-refractivity contribution is -0.384. The molecular formula is C21H22FN5O6S. The normalized spacial score (nSPS) is 14.9. The maximum absolute atomic E-state index is 13.9. The molecule has 180 valence electrons. The molecule has 0 atom stereocenters. The molecule has 1 fully saturated rings. The lowest BCUT2D eigenvalue weighted by Gasteiger charge is -2.26. The maximum atomic E-state index is 13.9. The molecule has 0 aliphatic carbocycles. The molecule has 1 aromatic heterocycles. The van der Waals surface area contributed by atoms with Gasteiger partial charge in [0, 0.05) is 45.1 Å². The Morgan fingerprint density at radius 1 is 1.24 bits per heavy atom. The van der Waals surface area contributed by atoms with Crippen molar-refractivity contribution < 1.29 is 27.3 Å². The third kappa shape index (κ3) is 4.76. The summed E-state index contributed by atoms with van der Waals surface area (Å²) in [5.74, 6) is -0.789. The lowest BCUT2D eigenvalue weighted by Crippen LogP contribution is -2.40. The number of morpholine rings is 1. The summed E-state index contributed by atoms with van der Waals surface area (Å²) < 4.78 is 48.1. The average Bonchev–Trinajstić information content (AvgIpc) is 3.14. The van der Waals surface area contributed by atoms with E-state index < -0.39 is 26.7 Å². The fraction of sp³-hybridized carbons (Fsp3) is 0.333. The van der Waals surface area contributed by atoms with Crippen LogP contribution < -0.4 is 5.32 Å². The number of aromatic nitrogens is 2. The van der Waals surface area contributed by atoms with E-state index in [0.29, 0.717) is 30.1 Å². The van der Waals surface area contributed by atoms with E-state index in [9.17, 15) is 27.7 Å². The van der Waals surface area contributed by atoms with E-state index in [1.54, 1.807) is 17.7 Å². The number of nitro groups is 1. The number of carbonyl (C=O) groups excluding carboxylic acids is 1. The highest BCUT2D eigenvalue weighted by molar-refractivity contribution is 7.89. The van der Waals surface area contributed by atoms with Crippen molar-refractivity contribution in [1.29, 1.82) is 0 Å². The van der Waals surface area contributed by atoms with Gasteiger partial charge < -0.3 is 14.6 Å². The largest absolute Gasteiger partial charge is 0.379 e. The van der Waals surface area contributed by atoms with Crippen molar-refractivity contribution in [2.75, 3.05) is 31.6 Å². The molecule has 1 aliphatic rings. The molecule has 1 amide bonds. The fourth-order valence-corrected chi connectivity index (χ4v) is 5.14. The number of anilines is 1. The zero-order valence-corrected chi connectivity index (χ0v) is 19.0. The van der Waals surface area contributed by atoms with Gasteiger partial charge in [0.1, 0.15) is 11.6 Å². The summed E-state index contributed by atoms with van der Waals surface area (Å²) in [7, 11) is -1.93. The van der Waals surface area contributed by atoms with Crippen LogP contribution in [0.5, 0.6) is 0 Å². The summed E-state index contributed by atoms with van der Waals surface area (Å²) in [6.07, 6.45) is 0.136. The first-order valence-corrected chi connectivity index (χ1v) is 11.9. The van der Waals surface area contributed by atoms with Crippen LogP contribution in [-0.2, 0) is 33.0 Å². The van der Waals surface area contributed by atoms with Gasteiger partial charge in [-0.2, -0.15) is 4.31 Å². The topological polar surface area (TPSA) is 137 Å². The number of fused-ring (bicyclic) bond motifs is 1. The summed E-state index contributed by atoms with van der Waals surface area (Å²) in [6.45, 7) is 1.26. The number of ether oxygens (including phenoxy) is 1. The van der Waals surface area contributed by atoms with E-state index in [4.69, 9.17) is 4.74 Å². The Labute approximate surface area is 194 Å². The van der Waals surface area contributed by atoms with Gasteiger partial charge in [0.25, 0.3) is 5.69 Å². The second-order valence-corrected chi connectivity index (χ2v) is 9.66. The van der Waals surface area contributed by atoms with Crippen molar-refractivity contribution in [3.63, 3.8) is 0 Å². The van der Waals surface area contributed by atoms with Gasteiger partial charge in [-0.1, -0.05) is 0 Å². The van der Waals surface area contributed by atoms with E-state index in [-0.39, 0.29) is 42.2 Å². The minimum absolute atomic E-state index is 0.0573. The predicted molar refractivity (Wildman–Crippen MR) is 120 cm³/mol. The number of aryl methyl sites for hydroxylation is 2. The van der Waals surface area contributed by atoms with Gasteiger partial charge in [-0.3, -0.25) is 14.9 Å². The molecule has 1 aliphatic heterocycles. The smallest absolute Gasteiger partial charge is 0.271 e. The minimum atomic E-state index is -3.67. The molecule has 0 radical (unpaired) electrons. The Balaban J connectivity index is 1.48. The van der Waals surface area contributed by atoms with Crippen LogP contribution in [0.4, 0.5) is 15.8 Å². The van der Waals surface area contributed by atoms with Crippen molar-refractivity contribution in [2.45, 2.75) is 17.7 Å². The van der Waals surface area contributed by atoms with Crippen molar-refractivity contribution in [2.24, 2.45) is 7.05 Å². The highest BCUT2D eigenvalue weighted by atomic mass is 32.2. The monoisotopic (exact) mass is 491 g/mol. The molecule has 2 aromatic carbocycles. The number of nitrogens with one attached hydrogen (secondary N) is 1. The standard InChI is InChI=1S/C21H22FN5O6S/c1-25-19-5-3-15(34(31,32)26-8-10-33-11-9-26)13-18(19)23-20(25)6-7-21(28)24-17-12-14(27(29)30)2-4-16(17)22/h2-5,12-13H,6-11H2,1H3,(H,24,28). The van der Waals surface area contributed by atoms with Crippen LogP contribution in [0.3, 0.4) is 0 Å². The Morgan fingerprint density at radius 2 is 1.97 bits per heavy atom. The summed E-state index contributed by atoms with van der Waals surface area (Å²) in [6, 6.07) is 7.58. The van der Waals surface area contributed by atoms with Crippen LogP contribution in [0.1, 0.15) is 12.2 Å². The second-order valence-electron chi connectivity index (χ2n) is 7.72. The lowest BCUT2D eigenvalue weighted by atomic mass is 10.2. The molecule has 4 rings (SSSR count). The highest BCUT2D eigenvalue weighted by Gasteiger charge is 2.27. The number of rotatable bonds is 7. The first-order valence-electron chi connectivity index (χ1n) is 10.4. The van der Waals surface area contributed by atoms with Crippen LogP contribution in [0.15, 0.2) is 41.3 Å². The molecule has 3 aromatic rings. The Bertz CT molecular complexity index is 1370. The average molecular weight is 492 g/mol. The van der Waals surface area contributed by atoms with Crippen molar-refractivity contribution >= 4 is 38.3 Å². The molecule has 0 unspecified atom stereocenters. The molecule has 1 saturated heterocycles. The zero-order chi connectivity index (χ0) is 24.5. The van der Waals surface area contributed by atoms with Crippen molar-refractivity contribution in [3.05, 3.63) is 58.2 Å². The first-order chi connectivity index (χ1) is 16.2. The van der Waals surface area contributed by atoms with Gasteiger partial charge in [0.05, 0.1) is 39.8 Å². The minimum Gasteiger partial charge on any atom is -0.379 e. The molecule has 34 heavy (non-hydrogen) atoms. The SMILES string of the molecule is Cn1c(CCC(=O)Nc2cc([N+](=O)[O-])ccc2F)nc2cc(S(=O)(=O)N3CCOCC3)ccc21. The number of nitro benzene ring substituents is 1. The number of imidazole rings is 1. The van der Waals surface area contributed by atoms with Crippen molar-refractivity contribution in [3.8, 4) is 0 Å². The molecule has 0 saturated carbocycles.